The minimum absolute atomic E-state index is 0.139. The highest BCUT2D eigenvalue weighted by Gasteiger charge is 2.26. The molecule has 7 heteroatoms. The summed E-state index contributed by atoms with van der Waals surface area (Å²) in [6, 6.07) is -0.0595. The molecule has 1 aliphatic rings. The minimum Gasteiger partial charge on any atom is -0.383 e. The van der Waals surface area contributed by atoms with Gasteiger partial charge in [0.15, 0.2) is 0 Å². The van der Waals surface area contributed by atoms with E-state index in [9.17, 15) is 9.90 Å². The zero-order valence-electron chi connectivity index (χ0n) is 14.0. The van der Waals surface area contributed by atoms with Crippen LogP contribution in [0, 0.1) is 0 Å². The van der Waals surface area contributed by atoms with Crippen LogP contribution in [-0.2, 0) is 12.6 Å². The minimum atomic E-state index is -1.14. The van der Waals surface area contributed by atoms with Crippen LogP contribution in [0.5, 0.6) is 0 Å². The fraction of sp³-hybridized carbons (Fsp3) is 0.625. The number of rotatable bonds is 6. The molecule has 0 radical (unpaired) electrons. The lowest BCUT2D eigenvalue weighted by atomic mass is 10.00. The average molecular weight is 321 g/mol. The van der Waals surface area contributed by atoms with E-state index in [1.54, 1.807) is 31.0 Å². The Labute approximate surface area is 137 Å². The van der Waals surface area contributed by atoms with Crippen LogP contribution in [0.4, 0.5) is 4.79 Å². The zero-order valence-corrected chi connectivity index (χ0v) is 14.0. The Balaban J connectivity index is 1.74. The van der Waals surface area contributed by atoms with Crippen molar-refractivity contribution in [2.24, 2.45) is 7.05 Å². The predicted octanol–water partition coefficient (Wildman–Crippen LogP) is 0.577. The van der Waals surface area contributed by atoms with Gasteiger partial charge in [-0.25, -0.2) is 4.79 Å². The number of aryl methyl sites for hydroxylation is 1. The van der Waals surface area contributed by atoms with Crippen molar-refractivity contribution >= 4 is 6.03 Å². The molecule has 128 valence electrons. The molecular formula is C16H27N5O2. The molecule has 1 atom stereocenters. The maximum absolute atomic E-state index is 12.0. The van der Waals surface area contributed by atoms with Crippen molar-refractivity contribution in [3.05, 3.63) is 30.6 Å². The number of aliphatic hydroxyl groups is 1. The zero-order chi connectivity index (χ0) is 16.9. The highest BCUT2D eigenvalue weighted by atomic mass is 16.3. The molecule has 23 heavy (non-hydrogen) atoms. The molecule has 1 aromatic heterocycles. The summed E-state index contributed by atoms with van der Waals surface area (Å²) in [6.07, 6.45) is 7.12. The third-order valence-corrected chi connectivity index (χ3v) is 4.23. The molecule has 1 saturated heterocycles. The van der Waals surface area contributed by atoms with Crippen LogP contribution < -0.4 is 10.6 Å². The van der Waals surface area contributed by atoms with Crippen molar-refractivity contribution in [2.75, 3.05) is 26.2 Å². The number of carbonyl (C=O) groups is 1. The van der Waals surface area contributed by atoms with Crippen LogP contribution in [0.3, 0.4) is 0 Å². The Kier molecular flexibility index (Phi) is 5.79. The van der Waals surface area contributed by atoms with Gasteiger partial charge >= 0.3 is 6.03 Å². The lowest BCUT2D eigenvalue weighted by Crippen LogP contribution is -2.50. The van der Waals surface area contributed by atoms with Crippen molar-refractivity contribution < 1.29 is 9.90 Å². The first-order valence-corrected chi connectivity index (χ1v) is 8.00. The van der Waals surface area contributed by atoms with Gasteiger partial charge in [0, 0.05) is 44.5 Å². The first-order chi connectivity index (χ1) is 10.9. The molecule has 3 N–H and O–H groups in total. The summed E-state index contributed by atoms with van der Waals surface area (Å²) in [5.41, 5.74) is -0.461. The molecule has 1 aliphatic heterocycles. The molecule has 2 amide bonds. The molecule has 0 spiro atoms. The highest BCUT2D eigenvalue weighted by molar-refractivity contribution is 5.74. The molecule has 0 aromatic carbocycles. The number of carbonyl (C=O) groups excluding carboxylic acids is 1. The maximum atomic E-state index is 12.0. The van der Waals surface area contributed by atoms with E-state index >= 15 is 0 Å². The van der Waals surface area contributed by atoms with E-state index < -0.39 is 5.60 Å². The SMILES string of the molecule is C=CCN1CCC(NC(=O)NCC(C)(O)c2cnn(C)c2)CC1. The van der Waals surface area contributed by atoms with Gasteiger partial charge in [0.25, 0.3) is 0 Å². The Morgan fingerprint density at radius 2 is 2.26 bits per heavy atom. The Morgan fingerprint density at radius 1 is 1.57 bits per heavy atom. The van der Waals surface area contributed by atoms with Crippen LogP contribution >= 0.6 is 0 Å². The standard InChI is InChI=1S/C16H27N5O2/c1-4-7-21-8-5-14(6-9-21)19-15(22)17-12-16(2,23)13-10-18-20(3)11-13/h4,10-11,14,23H,1,5-9,12H2,2-3H3,(H2,17,19,22). The predicted molar refractivity (Wildman–Crippen MR) is 89.0 cm³/mol. The lowest BCUT2D eigenvalue weighted by molar-refractivity contribution is 0.0590. The van der Waals surface area contributed by atoms with Gasteiger partial charge in [-0.15, -0.1) is 6.58 Å². The second kappa shape index (κ2) is 7.61. The van der Waals surface area contributed by atoms with Gasteiger partial charge in [0.2, 0.25) is 0 Å². The summed E-state index contributed by atoms with van der Waals surface area (Å²) >= 11 is 0. The molecule has 0 bridgehead atoms. The van der Waals surface area contributed by atoms with E-state index in [0.29, 0.717) is 5.56 Å². The second-order valence-corrected chi connectivity index (χ2v) is 6.37. The molecule has 1 aromatic rings. The van der Waals surface area contributed by atoms with Crippen LogP contribution in [0.25, 0.3) is 0 Å². The van der Waals surface area contributed by atoms with Crippen LogP contribution in [-0.4, -0.2) is 58.0 Å². The molecular weight excluding hydrogens is 294 g/mol. The van der Waals surface area contributed by atoms with Gasteiger partial charge < -0.3 is 15.7 Å². The summed E-state index contributed by atoms with van der Waals surface area (Å²) in [5, 5.41) is 20.2. The largest absolute Gasteiger partial charge is 0.383 e. The van der Waals surface area contributed by atoms with Crippen molar-refractivity contribution in [3.63, 3.8) is 0 Å². The summed E-state index contributed by atoms with van der Waals surface area (Å²) in [5.74, 6) is 0. The van der Waals surface area contributed by atoms with E-state index in [2.05, 4.69) is 27.2 Å². The van der Waals surface area contributed by atoms with Crippen molar-refractivity contribution in [1.29, 1.82) is 0 Å². The third kappa shape index (κ3) is 5.07. The normalized spacial score (nSPS) is 19.1. The number of urea groups is 1. The van der Waals surface area contributed by atoms with Gasteiger partial charge in [-0.3, -0.25) is 9.58 Å². The van der Waals surface area contributed by atoms with Gasteiger partial charge in [0.05, 0.1) is 12.7 Å². The first-order valence-electron chi connectivity index (χ1n) is 8.00. The highest BCUT2D eigenvalue weighted by Crippen LogP contribution is 2.18. The molecule has 2 heterocycles. The maximum Gasteiger partial charge on any atom is 0.315 e. The second-order valence-electron chi connectivity index (χ2n) is 6.37. The van der Waals surface area contributed by atoms with Gasteiger partial charge in [-0.05, 0) is 19.8 Å². The number of likely N-dealkylation sites (tertiary alicyclic amines) is 1. The monoisotopic (exact) mass is 321 g/mol. The van der Waals surface area contributed by atoms with Crippen LogP contribution in [0.1, 0.15) is 25.3 Å². The number of piperidine rings is 1. The van der Waals surface area contributed by atoms with Gasteiger partial charge in [-0.1, -0.05) is 6.08 Å². The number of hydrogen-bond donors (Lipinski definition) is 3. The first kappa shape index (κ1) is 17.5. The molecule has 0 saturated carbocycles. The number of amides is 2. The average Bonchev–Trinajstić information content (AvgIpc) is 2.95. The van der Waals surface area contributed by atoms with E-state index in [1.807, 2.05) is 6.08 Å². The number of aromatic nitrogens is 2. The Bertz CT molecular complexity index is 532. The van der Waals surface area contributed by atoms with Crippen molar-refractivity contribution in [2.45, 2.75) is 31.4 Å². The molecule has 2 rings (SSSR count). The third-order valence-electron chi connectivity index (χ3n) is 4.23. The van der Waals surface area contributed by atoms with E-state index in [1.165, 1.54) is 0 Å². The van der Waals surface area contributed by atoms with Gasteiger partial charge in [0.1, 0.15) is 5.60 Å². The Morgan fingerprint density at radius 3 is 2.83 bits per heavy atom. The quantitative estimate of drug-likeness (QED) is 0.669. The van der Waals surface area contributed by atoms with Crippen LogP contribution in [0.15, 0.2) is 25.0 Å². The summed E-state index contributed by atoms with van der Waals surface area (Å²) in [4.78, 5) is 14.3. The summed E-state index contributed by atoms with van der Waals surface area (Å²) in [6.45, 7) is 8.37. The number of hydrogen-bond acceptors (Lipinski definition) is 4. The fourth-order valence-corrected chi connectivity index (χ4v) is 2.73. The van der Waals surface area contributed by atoms with E-state index in [-0.39, 0.29) is 18.6 Å². The lowest BCUT2D eigenvalue weighted by Gasteiger charge is -2.31. The van der Waals surface area contributed by atoms with E-state index in [0.717, 1.165) is 32.5 Å². The summed E-state index contributed by atoms with van der Waals surface area (Å²) < 4.78 is 1.63. The molecule has 1 fully saturated rings. The van der Waals surface area contributed by atoms with E-state index in [4.69, 9.17) is 0 Å². The van der Waals surface area contributed by atoms with Gasteiger partial charge in [-0.2, -0.15) is 5.10 Å². The topological polar surface area (TPSA) is 82.4 Å². The van der Waals surface area contributed by atoms with Crippen molar-refractivity contribution in [1.82, 2.24) is 25.3 Å². The summed E-state index contributed by atoms with van der Waals surface area (Å²) in [7, 11) is 1.79. The molecule has 0 aliphatic carbocycles. The van der Waals surface area contributed by atoms with Crippen LogP contribution in [0.2, 0.25) is 0 Å². The number of nitrogens with zero attached hydrogens (tertiary/aromatic N) is 3. The molecule has 1 unspecified atom stereocenters. The smallest absolute Gasteiger partial charge is 0.315 e. The Hall–Kier alpha value is -1.86. The van der Waals surface area contributed by atoms with Crippen molar-refractivity contribution in [3.8, 4) is 0 Å². The fourth-order valence-electron chi connectivity index (χ4n) is 2.73. The number of nitrogens with one attached hydrogen (secondary N) is 2. The molecule has 7 nitrogen and oxygen atoms in total.